The molecule has 1 aromatic rings. The molecule has 4 heteroatoms. The zero-order valence-corrected chi connectivity index (χ0v) is 9.29. The Bertz CT molecular complexity index is 427. The standard InChI is InChI=1S/C12H14FNO2/c1-8-9(4-3-5-12(15)16-2)6-10(13)7-11(8)14/h3-4,6-7H,5,14H2,1-2H3. The number of halogens is 1. The van der Waals surface area contributed by atoms with Crippen molar-refractivity contribution >= 4 is 17.7 Å². The average molecular weight is 223 g/mol. The van der Waals surface area contributed by atoms with E-state index >= 15 is 0 Å². The van der Waals surface area contributed by atoms with Gasteiger partial charge in [0.15, 0.2) is 0 Å². The van der Waals surface area contributed by atoms with Crippen molar-refractivity contribution in [3.05, 3.63) is 35.2 Å². The fourth-order valence-electron chi connectivity index (χ4n) is 1.26. The minimum Gasteiger partial charge on any atom is -0.469 e. The van der Waals surface area contributed by atoms with Gasteiger partial charge in [0.05, 0.1) is 13.5 Å². The molecule has 16 heavy (non-hydrogen) atoms. The first-order chi connectivity index (χ1) is 7.54. The molecule has 0 amide bonds. The van der Waals surface area contributed by atoms with Crippen molar-refractivity contribution in [2.75, 3.05) is 12.8 Å². The number of nitrogens with two attached hydrogens (primary N) is 1. The normalized spacial score (nSPS) is 10.7. The summed E-state index contributed by atoms with van der Waals surface area (Å²) in [6.45, 7) is 1.80. The zero-order valence-electron chi connectivity index (χ0n) is 9.29. The molecule has 1 aromatic carbocycles. The van der Waals surface area contributed by atoms with Gasteiger partial charge in [-0.15, -0.1) is 0 Å². The molecule has 0 fully saturated rings. The van der Waals surface area contributed by atoms with Crippen LogP contribution in [0, 0.1) is 12.7 Å². The summed E-state index contributed by atoms with van der Waals surface area (Å²) in [6.07, 6.45) is 3.44. The molecular formula is C12H14FNO2. The van der Waals surface area contributed by atoms with Gasteiger partial charge < -0.3 is 10.5 Å². The minimum atomic E-state index is -0.388. The maximum Gasteiger partial charge on any atom is 0.309 e. The summed E-state index contributed by atoms with van der Waals surface area (Å²) in [5.41, 5.74) is 7.48. The van der Waals surface area contributed by atoms with Crippen LogP contribution < -0.4 is 5.73 Å². The highest BCUT2D eigenvalue weighted by Gasteiger charge is 2.02. The Labute approximate surface area is 93.7 Å². The van der Waals surface area contributed by atoms with Gasteiger partial charge >= 0.3 is 5.97 Å². The van der Waals surface area contributed by atoms with Crippen LogP contribution in [-0.4, -0.2) is 13.1 Å². The topological polar surface area (TPSA) is 52.3 Å². The van der Waals surface area contributed by atoms with Crippen LogP contribution in [0.4, 0.5) is 10.1 Å². The number of methoxy groups -OCH3 is 1. The maximum absolute atomic E-state index is 13.1. The molecule has 1 rings (SSSR count). The summed E-state index contributed by atoms with van der Waals surface area (Å²) < 4.78 is 17.5. The highest BCUT2D eigenvalue weighted by molar-refractivity contribution is 5.73. The lowest BCUT2D eigenvalue weighted by molar-refractivity contribution is -0.139. The summed E-state index contributed by atoms with van der Waals surface area (Å²) in [5.74, 6) is -0.723. The molecule has 0 saturated carbocycles. The van der Waals surface area contributed by atoms with E-state index in [0.29, 0.717) is 11.3 Å². The Morgan fingerprint density at radius 1 is 1.56 bits per heavy atom. The van der Waals surface area contributed by atoms with Crippen molar-refractivity contribution in [3.63, 3.8) is 0 Å². The first-order valence-corrected chi connectivity index (χ1v) is 4.83. The van der Waals surface area contributed by atoms with Gasteiger partial charge in [-0.3, -0.25) is 4.79 Å². The van der Waals surface area contributed by atoms with Crippen molar-refractivity contribution in [1.29, 1.82) is 0 Å². The van der Waals surface area contributed by atoms with E-state index in [1.54, 1.807) is 19.1 Å². The molecule has 0 aliphatic carbocycles. The number of carbonyl (C=O) groups excluding carboxylic acids is 1. The number of hydrogen-bond donors (Lipinski definition) is 1. The third-order valence-corrected chi connectivity index (χ3v) is 2.26. The zero-order chi connectivity index (χ0) is 12.1. The molecule has 0 atom stereocenters. The van der Waals surface area contributed by atoms with Crippen LogP contribution in [0.5, 0.6) is 0 Å². The van der Waals surface area contributed by atoms with Crippen molar-refractivity contribution < 1.29 is 13.9 Å². The molecule has 0 heterocycles. The molecule has 0 saturated heterocycles. The summed E-state index contributed by atoms with van der Waals surface area (Å²) in [4.78, 5) is 10.8. The first-order valence-electron chi connectivity index (χ1n) is 4.83. The molecule has 0 radical (unpaired) electrons. The summed E-state index contributed by atoms with van der Waals surface area (Å²) in [7, 11) is 1.32. The second-order valence-corrected chi connectivity index (χ2v) is 3.39. The number of anilines is 1. The Hall–Kier alpha value is -1.84. The number of esters is 1. The van der Waals surface area contributed by atoms with E-state index in [2.05, 4.69) is 4.74 Å². The van der Waals surface area contributed by atoms with Gasteiger partial charge in [-0.05, 0) is 30.2 Å². The van der Waals surface area contributed by atoms with E-state index in [1.807, 2.05) is 0 Å². The third-order valence-electron chi connectivity index (χ3n) is 2.26. The van der Waals surface area contributed by atoms with E-state index in [4.69, 9.17) is 5.73 Å². The van der Waals surface area contributed by atoms with Crippen LogP contribution in [0.2, 0.25) is 0 Å². The van der Waals surface area contributed by atoms with Crippen LogP contribution in [0.25, 0.3) is 6.08 Å². The molecule has 2 N–H and O–H groups in total. The Balaban J connectivity index is 2.85. The van der Waals surface area contributed by atoms with Crippen LogP contribution in [0.3, 0.4) is 0 Å². The van der Waals surface area contributed by atoms with Crippen molar-refractivity contribution in [1.82, 2.24) is 0 Å². The monoisotopic (exact) mass is 223 g/mol. The lowest BCUT2D eigenvalue weighted by Crippen LogP contribution is -1.97. The highest BCUT2D eigenvalue weighted by atomic mass is 19.1. The smallest absolute Gasteiger partial charge is 0.309 e. The minimum absolute atomic E-state index is 0.159. The SMILES string of the molecule is COC(=O)CC=Cc1cc(F)cc(N)c1C. The molecule has 0 aliphatic rings. The van der Waals surface area contributed by atoms with Gasteiger partial charge in [0.2, 0.25) is 0 Å². The average Bonchev–Trinajstić information content (AvgIpc) is 2.24. The number of benzene rings is 1. The van der Waals surface area contributed by atoms with Crippen LogP contribution in [0.1, 0.15) is 17.5 Å². The molecule has 86 valence electrons. The Kier molecular flexibility index (Phi) is 4.05. The molecule has 0 spiro atoms. The van der Waals surface area contributed by atoms with Crippen LogP contribution >= 0.6 is 0 Å². The van der Waals surface area contributed by atoms with Crippen molar-refractivity contribution in [2.45, 2.75) is 13.3 Å². The van der Waals surface area contributed by atoms with Gasteiger partial charge in [-0.1, -0.05) is 12.2 Å². The molecule has 0 aromatic heterocycles. The van der Waals surface area contributed by atoms with Crippen LogP contribution in [-0.2, 0) is 9.53 Å². The second-order valence-electron chi connectivity index (χ2n) is 3.39. The molecule has 0 aliphatic heterocycles. The van der Waals surface area contributed by atoms with E-state index in [0.717, 1.165) is 5.56 Å². The molecule has 0 bridgehead atoms. The predicted molar refractivity (Wildman–Crippen MR) is 61.2 cm³/mol. The fraction of sp³-hybridized carbons (Fsp3) is 0.250. The number of rotatable bonds is 3. The number of ether oxygens (including phenoxy) is 1. The summed E-state index contributed by atoms with van der Waals surface area (Å²) >= 11 is 0. The van der Waals surface area contributed by atoms with Gasteiger partial charge in [-0.2, -0.15) is 0 Å². The predicted octanol–water partition coefficient (Wildman–Crippen LogP) is 2.29. The number of hydrogen-bond acceptors (Lipinski definition) is 3. The van der Waals surface area contributed by atoms with E-state index in [1.165, 1.54) is 19.2 Å². The molecular weight excluding hydrogens is 209 g/mol. The second kappa shape index (κ2) is 5.30. The van der Waals surface area contributed by atoms with Gasteiger partial charge in [0.25, 0.3) is 0 Å². The summed E-state index contributed by atoms with van der Waals surface area (Å²) in [5, 5.41) is 0. The Morgan fingerprint density at radius 3 is 2.88 bits per heavy atom. The maximum atomic E-state index is 13.1. The number of carbonyl (C=O) groups is 1. The van der Waals surface area contributed by atoms with E-state index in [-0.39, 0.29) is 18.2 Å². The van der Waals surface area contributed by atoms with E-state index < -0.39 is 0 Å². The Morgan fingerprint density at radius 2 is 2.25 bits per heavy atom. The number of nitrogen functional groups attached to an aromatic ring is 1. The molecule has 3 nitrogen and oxygen atoms in total. The van der Waals surface area contributed by atoms with Gasteiger partial charge in [0, 0.05) is 5.69 Å². The third kappa shape index (κ3) is 3.08. The largest absolute Gasteiger partial charge is 0.469 e. The lowest BCUT2D eigenvalue weighted by atomic mass is 10.1. The van der Waals surface area contributed by atoms with Gasteiger partial charge in [0.1, 0.15) is 5.82 Å². The highest BCUT2D eigenvalue weighted by Crippen LogP contribution is 2.19. The fourth-order valence-corrected chi connectivity index (χ4v) is 1.26. The van der Waals surface area contributed by atoms with Crippen molar-refractivity contribution in [2.24, 2.45) is 0 Å². The molecule has 0 unspecified atom stereocenters. The van der Waals surface area contributed by atoms with E-state index in [9.17, 15) is 9.18 Å². The quantitative estimate of drug-likeness (QED) is 0.631. The van der Waals surface area contributed by atoms with Crippen molar-refractivity contribution in [3.8, 4) is 0 Å². The lowest BCUT2D eigenvalue weighted by Gasteiger charge is -2.04. The first kappa shape index (κ1) is 12.2. The van der Waals surface area contributed by atoms with Gasteiger partial charge in [-0.25, -0.2) is 4.39 Å². The van der Waals surface area contributed by atoms with Crippen LogP contribution in [0.15, 0.2) is 18.2 Å². The summed E-state index contributed by atoms with van der Waals surface area (Å²) in [6, 6.07) is 2.65.